The topological polar surface area (TPSA) is 75.4 Å². The van der Waals surface area contributed by atoms with E-state index in [0.29, 0.717) is 26.1 Å². The standard InChI is InChI=1S/C18H27N3O2.ClH/c1-2-3-9-16(11-19)20-18(23)15-10-17(22)21(13-15)12-14-7-5-4-6-8-14;/h4-8,15-16H,2-3,9-13,19H2,1H3,(H,20,23);1H. The summed E-state index contributed by atoms with van der Waals surface area (Å²) in [5, 5.41) is 3.01. The highest BCUT2D eigenvalue weighted by molar-refractivity contribution is 5.89. The first kappa shape index (κ1) is 20.5. The predicted octanol–water partition coefficient (Wildman–Crippen LogP) is 2.09. The summed E-state index contributed by atoms with van der Waals surface area (Å²) >= 11 is 0. The molecule has 2 amide bonds. The van der Waals surface area contributed by atoms with Crippen molar-refractivity contribution >= 4 is 24.2 Å². The maximum Gasteiger partial charge on any atom is 0.225 e. The highest BCUT2D eigenvalue weighted by Crippen LogP contribution is 2.20. The summed E-state index contributed by atoms with van der Waals surface area (Å²) in [4.78, 5) is 26.3. The van der Waals surface area contributed by atoms with Crippen LogP contribution < -0.4 is 11.1 Å². The van der Waals surface area contributed by atoms with Crippen LogP contribution in [0.25, 0.3) is 0 Å². The zero-order valence-corrected chi connectivity index (χ0v) is 15.1. The van der Waals surface area contributed by atoms with E-state index in [1.165, 1.54) is 0 Å². The summed E-state index contributed by atoms with van der Waals surface area (Å²) in [5.74, 6) is -0.255. The van der Waals surface area contributed by atoms with Gasteiger partial charge in [0.1, 0.15) is 0 Å². The Kier molecular flexibility index (Phi) is 8.79. The Labute approximate surface area is 150 Å². The highest BCUT2D eigenvalue weighted by Gasteiger charge is 2.34. The number of unbranched alkanes of at least 4 members (excludes halogenated alkanes) is 1. The van der Waals surface area contributed by atoms with Crippen molar-refractivity contribution in [3.8, 4) is 0 Å². The molecule has 3 N–H and O–H groups in total. The third kappa shape index (κ3) is 5.80. The molecule has 2 atom stereocenters. The minimum atomic E-state index is -0.262. The second-order valence-electron chi connectivity index (χ2n) is 6.24. The molecule has 0 saturated carbocycles. The fraction of sp³-hybridized carbons (Fsp3) is 0.556. The second kappa shape index (κ2) is 10.3. The van der Waals surface area contributed by atoms with E-state index in [2.05, 4.69) is 12.2 Å². The molecule has 134 valence electrons. The molecule has 6 heteroatoms. The van der Waals surface area contributed by atoms with Gasteiger partial charge in [-0.25, -0.2) is 0 Å². The number of halogens is 1. The zero-order valence-electron chi connectivity index (χ0n) is 14.2. The molecular weight excluding hydrogens is 326 g/mol. The lowest BCUT2D eigenvalue weighted by atomic mass is 10.1. The van der Waals surface area contributed by atoms with Gasteiger partial charge in [0.2, 0.25) is 11.8 Å². The molecule has 0 aromatic heterocycles. The molecule has 5 nitrogen and oxygen atoms in total. The van der Waals surface area contributed by atoms with E-state index < -0.39 is 0 Å². The number of nitrogens with two attached hydrogens (primary N) is 1. The second-order valence-corrected chi connectivity index (χ2v) is 6.24. The van der Waals surface area contributed by atoms with Crippen LogP contribution in [0.2, 0.25) is 0 Å². The molecule has 0 aliphatic carbocycles. The van der Waals surface area contributed by atoms with Gasteiger partial charge in [-0.2, -0.15) is 0 Å². The summed E-state index contributed by atoms with van der Waals surface area (Å²) in [6, 6.07) is 9.88. The SMILES string of the molecule is CCCCC(CN)NC(=O)C1CC(=O)N(Cc2ccccc2)C1.Cl. The first-order valence-corrected chi connectivity index (χ1v) is 8.46. The highest BCUT2D eigenvalue weighted by atomic mass is 35.5. The van der Waals surface area contributed by atoms with Crippen LogP contribution >= 0.6 is 12.4 Å². The quantitative estimate of drug-likeness (QED) is 0.751. The molecule has 2 rings (SSSR count). The van der Waals surface area contributed by atoms with E-state index in [1.54, 1.807) is 4.90 Å². The lowest BCUT2D eigenvalue weighted by Gasteiger charge is -2.20. The molecule has 1 aliphatic heterocycles. The molecule has 0 spiro atoms. The summed E-state index contributed by atoms with van der Waals surface area (Å²) in [7, 11) is 0. The van der Waals surface area contributed by atoms with Gasteiger partial charge in [0, 0.05) is 32.1 Å². The molecule has 1 aliphatic rings. The van der Waals surface area contributed by atoms with E-state index in [1.807, 2.05) is 30.3 Å². The van der Waals surface area contributed by atoms with Gasteiger partial charge in [0.25, 0.3) is 0 Å². The van der Waals surface area contributed by atoms with Crippen molar-refractivity contribution in [1.29, 1.82) is 0 Å². The van der Waals surface area contributed by atoms with Crippen molar-refractivity contribution in [2.24, 2.45) is 11.7 Å². The number of hydrogen-bond donors (Lipinski definition) is 2. The van der Waals surface area contributed by atoms with Crippen LogP contribution in [0, 0.1) is 5.92 Å². The van der Waals surface area contributed by atoms with Crippen LogP contribution in [0.4, 0.5) is 0 Å². The number of amides is 2. The van der Waals surface area contributed by atoms with Crippen molar-refractivity contribution < 1.29 is 9.59 Å². The maximum atomic E-state index is 12.4. The summed E-state index contributed by atoms with van der Waals surface area (Å²) in [6.45, 7) is 3.62. The number of likely N-dealkylation sites (tertiary alicyclic amines) is 1. The van der Waals surface area contributed by atoms with E-state index in [-0.39, 0.29) is 36.2 Å². The summed E-state index contributed by atoms with van der Waals surface area (Å²) in [5.41, 5.74) is 6.81. The van der Waals surface area contributed by atoms with Crippen LogP contribution in [0.1, 0.15) is 38.2 Å². The number of benzene rings is 1. The van der Waals surface area contributed by atoms with Gasteiger partial charge in [-0.3, -0.25) is 9.59 Å². The minimum Gasteiger partial charge on any atom is -0.352 e. The molecule has 24 heavy (non-hydrogen) atoms. The molecule has 0 bridgehead atoms. The molecule has 0 radical (unpaired) electrons. The third-order valence-corrected chi connectivity index (χ3v) is 4.34. The van der Waals surface area contributed by atoms with E-state index in [4.69, 9.17) is 5.73 Å². The number of nitrogens with one attached hydrogen (secondary N) is 1. The van der Waals surface area contributed by atoms with Crippen LogP contribution in [-0.4, -0.2) is 35.8 Å². The first-order chi connectivity index (χ1) is 11.1. The van der Waals surface area contributed by atoms with Crippen molar-refractivity contribution in [3.05, 3.63) is 35.9 Å². The van der Waals surface area contributed by atoms with Crippen molar-refractivity contribution in [2.75, 3.05) is 13.1 Å². The average Bonchev–Trinajstić information content (AvgIpc) is 2.93. The Hall–Kier alpha value is -1.59. The van der Waals surface area contributed by atoms with E-state index >= 15 is 0 Å². The van der Waals surface area contributed by atoms with Crippen LogP contribution in [0.15, 0.2) is 30.3 Å². The van der Waals surface area contributed by atoms with Crippen LogP contribution in [0.3, 0.4) is 0 Å². The Morgan fingerprint density at radius 1 is 1.38 bits per heavy atom. The van der Waals surface area contributed by atoms with E-state index in [9.17, 15) is 9.59 Å². The number of nitrogens with zero attached hydrogens (tertiary/aromatic N) is 1. The Balaban J connectivity index is 0.00000288. The number of carbonyl (C=O) groups excluding carboxylic acids is 2. The molecular formula is C18H28ClN3O2. The minimum absolute atomic E-state index is 0. The largest absolute Gasteiger partial charge is 0.352 e. The monoisotopic (exact) mass is 353 g/mol. The maximum absolute atomic E-state index is 12.4. The Morgan fingerprint density at radius 3 is 2.71 bits per heavy atom. The van der Waals surface area contributed by atoms with Gasteiger partial charge >= 0.3 is 0 Å². The van der Waals surface area contributed by atoms with Crippen molar-refractivity contribution in [3.63, 3.8) is 0 Å². The number of hydrogen-bond acceptors (Lipinski definition) is 3. The Morgan fingerprint density at radius 2 is 2.08 bits per heavy atom. The molecule has 1 heterocycles. The van der Waals surface area contributed by atoms with E-state index in [0.717, 1.165) is 24.8 Å². The molecule has 1 fully saturated rings. The molecule has 1 aromatic carbocycles. The molecule has 1 saturated heterocycles. The van der Waals surface area contributed by atoms with Gasteiger partial charge in [-0.1, -0.05) is 50.1 Å². The smallest absolute Gasteiger partial charge is 0.225 e. The Bertz CT molecular complexity index is 524. The van der Waals surface area contributed by atoms with Gasteiger partial charge in [-0.05, 0) is 12.0 Å². The first-order valence-electron chi connectivity index (χ1n) is 8.46. The van der Waals surface area contributed by atoms with Gasteiger partial charge in [0.15, 0.2) is 0 Å². The van der Waals surface area contributed by atoms with Crippen LogP contribution in [-0.2, 0) is 16.1 Å². The number of carbonyl (C=O) groups is 2. The lowest BCUT2D eigenvalue weighted by Crippen LogP contribution is -2.43. The summed E-state index contributed by atoms with van der Waals surface area (Å²) < 4.78 is 0. The normalized spacial score (nSPS) is 18.2. The van der Waals surface area contributed by atoms with Gasteiger partial charge in [-0.15, -0.1) is 12.4 Å². The fourth-order valence-electron chi connectivity index (χ4n) is 2.92. The summed E-state index contributed by atoms with van der Waals surface area (Å²) in [6.07, 6.45) is 3.32. The fourth-order valence-corrected chi connectivity index (χ4v) is 2.92. The average molecular weight is 354 g/mol. The zero-order chi connectivity index (χ0) is 16.7. The third-order valence-electron chi connectivity index (χ3n) is 4.34. The lowest BCUT2D eigenvalue weighted by molar-refractivity contribution is -0.129. The molecule has 1 aromatic rings. The van der Waals surface area contributed by atoms with Crippen LogP contribution in [0.5, 0.6) is 0 Å². The van der Waals surface area contributed by atoms with Crippen molar-refractivity contribution in [1.82, 2.24) is 10.2 Å². The van der Waals surface area contributed by atoms with Crippen molar-refractivity contribution in [2.45, 2.75) is 45.2 Å². The molecule has 2 unspecified atom stereocenters. The van der Waals surface area contributed by atoms with Gasteiger partial charge < -0.3 is 16.0 Å². The number of rotatable bonds is 8. The van der Waals surface area contributed by atoms with Gasteiger partial charge in [0.05, 0.1) is 5.92 Å². The predicted molar refractivity (Wildman–Crippen MR) is 97.7 cm³/mol.